The number of carbonyl (C=O) groups excluding carboxylic acids is 2. The zero-order valence-electron chi connectivity index (χ0n) is 13.6. The zero-order chi connectivity index (χ0) is 17.0. The molecule has 2 unspecified atom stereocenters. The van der Waals surface area contributed by atoms with Crippen molar-refractivity contribution in [1.29, 1.82) is 0 Å². The highest BCUT2D eigenvalue weighted by atomic mass is 32.1. The van der Waals surface area contributed by atoms with Crippen molar-refractivity contribution in [2.45, 2.75) is 32.9 Å². The second kappa shape index (κ2) is 7.41. The average molecular weight is 335 g/mol. The van der Waals surface area contributed by atoms with E-state index in [9.17, 15) is 9.59 Å². The SMILES string of the molecule is COC(=O)NC(C(=O)NC(C)c1nc2ccccc2s1)C(C)C. The third kappa shape index (κ3) is 4.19. The van der Waals surface area contributed by atoms with E-state index >= 15 is 0 Å². The molecule has 23 heavy (non-hydrogen) atoms. The van der Waals surface area contributed by atoms with Crippen molar-refractivity contribution < 1.29 is 14.3 Å². The number of alkyl carbamates (subject to hydrolysis) is 1. The number of para-hydroxylation sites is 1. The fourth-order valence-corrected chi connectivity index (χ4v) is 3.13. The maximum Gasteiger partial charge on any atom is 0.407 e. The van der Waals surface area contributed by atoms with Gasteiger partial charge in [-0.25, -0.2) is 9.78 Å². The van der Waals surface area contributed by atoms with Gasteiger partial charge in [-0.2, -0.15) is 0 Å². The van der Waals surface area contributed by atoms with E-state index in [2.05, 4.69) is 20.4 Å². The molecule has 0 saturated heterocycles. The summed E-state index contributed by atoms with van der Waals surface area (Å²) in [7, 11) is 1.27. The summed E-state index contributed by atoms with van der Waals surface area (Å²) in [5, 5.41) is 6.30. The number of amides is 2. The lowest BCUT2D eigenvalue weighted by Crippen LogP contribution is -2.50. The summed E-state index contributed by atoms with van der Waals surface area (Å²) in [6.45, 7) is 5.61. The topological polar surface area (TPSA) is 80.3 Å². The van der Waals surface area contributed by atoms with Crippen molar-refractivity contribution in [3.8, 4) is 0 Å². The second-order valence-electron chi connectivity index (χ2n) is 5.61. The summed E-state index contributed by atoms with van der Waals surface area (Å²) >= 11 is 1.55. The van der Waals surface area contributed by atoms with E-state index < -0.39 is 12.1 Å². The van der Waals surface area contributed by atoms with Crippen molar-refractivity contribution >= 4 is 33.6 Å². The maximum atomic E-state index is 12.4. The molecule has 0 radical (unpaired) electrons. The van der Waals surface area contributed by atoms with Crippen LogP contribution in [0.25, 0.3) is 10.2 Å². The monoisotopic (exact) mass is 335 g/mol. The molecule has 0 fully saturated rings. The van der Waals surface area contributed by atoms with Crippen molar-refractivity contribution in [3.05, 3.63) is 29.3 Å². The first-order valence-corrected chi connectivity index (χ1v) is 8.24. The molecule has 0 aliphatic carbocycles. The van der Waals surface area contributed by atoms with E-state index in [1.165, 1.54) is 7.11 Å². The number of nitrogens with zero attached hydrogens (tertiary/aromatic N) is 1. The van der Waals surface area contributed by atoms with Crippen LogP contribution in [0.4, 0.5) is 4.79 Å². The zero-order valence-corrected chi connectivity index (χ0v) is 14.4. The third-order valence-corrected chi connectivity index (χ3v) is 4.67. The number of thiazole rings is 1. The van der Waals surface area contributed by atoms with Crippen LogP contribution in [0.1, 0.15) is 31.8 Å². The van der Waals surface area contributed by atoms with Crippen LogP contribution in [0.15, 0.2) is 24.3 Å². The first-order valence-electron chi connectivity index (χ1n) is 7.42. The summed E-state index contributed by atoms with van der Waals surface area (Å²) in [5.74, 6) is -0.311. The highest BCUT2D eigenvalue weighted by Gasteiger charge is 2.26. The molecule has 2 aromatic rings. The normalized spacial score (nSPS) is 13.6. The molecule has 1 aromatic heterocycles. The molecule has 2 N–H and O–H groups in total. The van der Waals surface area contributed by atoms with Gasteiger partial charge in [0, 0.05) is 0 Å². The van der Waals surface area contributed by atoms with Gasteiger partial charge in [0.15, 0.2) is 0 Å². The molecule has 0 saturated carbocycles. The highest BCUT2D eigenvalue weighted by Crippen LogP contribution is 2.26. The Kier molecular flexibility index (Phi) is 5.54. The Morgan fingerprint density at radius 2 is 1.87 bits per heavy atom. The standard InChI is InChI=1S/C16H21N3O3S/c1-9(2)13(19-16(21)22-4)14(20)17-10(3)15-18-11-7-5-6-8-12(11)23-15/h5-10,13H,1-4H3,(H,17,20)(H,19,21). The van der Waals surface area contributed by atoms with Gasteiger partial charge in [0.05, 0.1) is 23.4 Å². The van der Waals surface area contributed by atoms with E-state index in [0.29, 0.717) is 0 Å². The molecule has 0 aliphatic rings. The van der Waals surface area contributed by atoms with Crippen LogP contribution in [0, 0.1) is 5.92 Å². The number of nitrogens with one attached hydrogen (secondary N) is 2. The average Bonchev–Trinajstić information content (AvgIpc) is 2.95. The number of hydrogen-bond acceptors (Lipinski definition) is 5. The Hall–Kier alpha value is -2.15. The first kappa shape index (κ1) is 17.2. The number of hydrogen-bond donors (Lipinski definition) is 2. The largest absolute Gasteiger partial charge is 0.453 e. The third-order valence-electron chi connectivity index (χ3n) is 3.45. The van der Waals surface area contributed by atoms with Gasteiger partial charge in [-0.3, -0.25) is 4.79 Å². The predicted octanol–water partition coefficient (Wildman–Crippen LogP) is 2.85. The first-order chi connectivity index (χ1) is 10.9. The number of ether oxygens (including phenoxy) is 1. The lowest BCUT2D eigenvalue weighted by atomic mass is 10.0. The number of methoxy groups -OCH3 is 1. The minimum Gasteiger partial charge on any atom is -0.453 e. The van der Waals surface area contributed by atoms with Crippen molar-refractivity contribution in [1.82, 2.24) is 15.6 Å². The molecule has 0 aliphatic heterocycles. The van der Waals surface area contributed by atoms with Crippen LogP contribution in [0.3, 0.4) is 0 Å². The Morgan fingerprint density at radius 3 is 2.48 bits per heavy atom. The molecule has 2 atom stereocenters. The van der Waals surface area contributed by atoms with Crippen LogP contribution in [-0.2, 0) is 9.53 Å². The number of benzene rings is 1. The number of aromatic nitrogens is 1. The Bertz CT molecular complexity index is 666. The highest BCUT2D eigenvalue weighted by molar-refractivity contribution is 7.18. The van der Waals surface area contributed by atoms with E-state index in [1.54, 1.807) is 11.3 Å². The predicted molar refractivity (Wildman–Crippen MR) is 90.3 cm³/mol. The Morgan fingerprint density at radius 1 is 1.17 bits per heavy atom. The van der Waals surface area contributed by atoms with Gasteiger partial charge < -0.3 is 15.4 Å². The minimum atomic E-state index is -0.653. The molecule has 7 heteroatoms. The lowest BCUT2D eigenvalue weighted by molar-refractivity contribution is -0.124. The summed E-state index contributed by atoms with van der Waals surface area (Å²) in [6, 6.07) is 6.95. The quantitative estimate of drug-likeness (QED) is 0.880. The fraction of sp³-hybridized carbons (Fsp3) is 0.438. The molecule has 1 aromatic carbocycles. The van der Waals surface area contributed by atoms with Gasteiger partial charge in [-0.05, 0) is 25.0 Å². The van der Waals surface area contributed by atoms with Crippen molar-refractivity contribution in [2.75, 3.05) is 7.11 Å². The van der Waals surface area contributed by atoms with Crippen LogP contribution in [-0.4, -0.2) is 30.1 Å². The Labute approximate surface area is 139 Å². The molecule has 6 nitrogen and oxygen atoms in total. The van der Waals surface area contributed by atoms with Gasteiger partial charge in [0.2, 0.25) is 5.91 Å². The van der Waals surface area contributed by atoms with Gasteiger partial charge in [0.1, 0.15) is 11.0 Å². The van der Waals surface area contributed by atoms with E-state index in [4.69, 9.17) is 0 Å². The second-order valence-corrected chi connectivity index (χ2v) is 6.67. The fourth-order valence-electron chi connectivity index (χ4n) is 2.16. The van der Waals surface area contributed by atoms with Crippen molar-refractivity contribution in [3.63, 3.8) is 0 Å². The van der Waals surface area contributed by atoms with Crippen LogP contribution < -0.4 is 10.6 Å². The van der Waals surface area contributed by atoms with Crippen LogP contribution >= 0.6 is 11.3 Å². The summed E-state index contributed by atoms with van der Waals surface area (Å²) in [5.41, 5.74) is 0.918. The van der Waals surface area contributed by atoms with E-state index in [-0.39, 0.29) is 17.9 Å². The molecule has 124 valence electrons. The molecule has 0 spiro atoms. The molecule has 2 rings (SSSR count). The molecule has 1 heterocycles. The maximum absolute atomic E-state index is 12.4. The molecule has 2 amide bonds. The Balaban J connectivity index is 2.09. The summed E-state index contributed by atoms with van der Waals surface area (Å²) in [6.07, 6.45) is -0.619. The van der Waals surface area contributed by atoms with Gasteiger partial charge in [-0.15, -0.1) is 11.3 Å². The summed E-state index contributed by atoms with van der Waals surface area (Å²) in [4.78, 5) is 28.3. The molecule has 0 bridgehead atoms. The van der Waals surface area contributed by atoms with Gasteiger partial charge in [0.25, 0.3) is 0 Å². The van der Waals surface area contributed by atoms with E-state index in [1.807, 2.05) is 45.0 Å². The molecular weight excluding hydrogens is 314 g/mol. The minimum absolute atomic E-state index is 0.0586. The van der Waals surface area contributed by atoms with Crippen LogP contribution in [0.5, 0.6) is 0 Å². The number of fused-ring (bicyclic) bond motifs is 1. The molecular formula is C16H21N3O3S. The number of carbonyl (C=O) groups is 2. The lowest BCUT2D eigenvalue weighted by Gasteiger charge is -2.22. The van der Waals surface area contributed by atoms with E-state index in [0.717, 1.165) is 15.2 Å². The summed E-state index contributed by atoms with van der Waals surface area (Å²) < 4.78 is 5.65. The van der Waals surface area contributed by atoms with Crippen LogP contribution in [0.2, 0.25) is 0 Å². The van der Waals surface area contributed by atoms with Gasteiger partial charge >= 0.3 is 6.09 Å². The number of rotatable bonds is 5. The van der Waals surface area contributed by atoms with Gasteiger partial charge in [-0.1, -0.05) is 26.0 Å². The smallest absolute Gasteiger partial charge is 0.407 e. The van der Waals surface area contributed by atoms with Crippen molar-refractivity contribution in [2.24, 2.45) is 5.92 Å².